The quantitative estimate of drug-likeness (QED) is 0.850. The number of aromatic nitrogens is 1. The van der Waals surface area contributed by atoms with Crippen LogP contribution in [-0.2, 0) is 6.54 Å². The highest BCUT2D eigenvalue weighted by atomic mass is 35.5. The van der Waals surface area contributed by atoms with Crippen LogP contribution < -0.4 is 10.5 Å². The number of hydrogen-bond acceptors (Lipinski definition) is 3. The summed E-state index contributed by atoms with van der Waals surface area (Å²) >= 11 is 6.03. The van der Waals surface area contributed by atoms with Gasteiger partial charge < -0.3 is 10.5 Å². The Kier molecular flexibility index (Phi) is 3.61. The van der Waals surface area contributed by atoms with Gasteiger partial charge in [-0.15, -0.1) is 0 Å². The first kappa shape index (κ1) is 11.9. The third-order valence-electron chi connectivity index (χ3n) is 2.51. The molecule has 17 heavy (non-hydrogen) atoms. The summed E-state index contributed by atoms with van der Waals surface area (Å²) in [6, 6.07) is 11.5. The van der Waals surface area contributed by atoms with E-state index in [1.807, 2.05) is 36.4 Å². The zero-order valence-electron chi connectivity index (χ0n) is 9.48. The van der Waals surface area contributed by atoms with Crippen molar-refractivity contribution in [2.75, 3.05) is 7.11 Å². The smallest absolute Gasteiger partial charge is 0.134 e. The van der Waals surface area contributed by atoms with Crippen LogP contribution in [0.25, 0.3) is 11.3 Å². The van der Waals surface area contributed by atoms with Gasteiger partial charge in [-0.05, 0) is 18.2 Å². The highest BCUT2D eigenvalue weighted by Gasteiger charge is 2.05. The third-order valence-corrected chi connectivity index (χ3v) is 2.84. The maximum Gasteiger partial charge on any atom is 0.134 e. The lowest BCUT2D eigenvalue weighted by molar-refractivity contribution is 0.415. The molecule has 88 valence electrons. The number of ether oxygens (including phenoxy) is 1. The molecule has 1 aromatic heterocycles. The van der Waals surface area contributed by atoms with Crippen LogP contribution in [0.1, 0.15) is 5.56 Å². The number of nitrogens with two attached hydrogens (primary N) is 1. The number of nitrogens with zero attached hydrogens (tertiary/aromatic N) is 1. The molecule has 0 fully saturated rings. The summed E-state index contributed by atoms with van der Waals surface area (Å²) in [5.41, 5.74) is 8.16. The summed E-state index contributed by atoms with van der Waals surface area (Å²) in [7, 11) is 1.64. The minimum Gasteiger partial charge on any atom is -0.497 e. The summed E-state index contributed by atoms with van der Waals surface area (Å²) in [6.07, 6.45) is 0. The largest absolute Gasteiger partial charge is 0.497 e. The second-order valence-electron chi connectivity index (χ2n) is 3.58. The molecule has 0 aliphatic rings. The van der Waals surface area contributed by atoms with E-state index < -0.39 is 0 Å². The van der Waals surface area contributed by atoms with Crippen molar-refractivity contribution in [1.82, 2.24) is 4.98 Å². The first-order valence-corrected chi connectivity index (χ1v) is 5.62. The maximum absolute atomic E-state index is 6.03. The van der Waals surface area contributed by atoms with Gasteiger partial charge in [-0.2, -0.15) is 0 Å². The van der Waals surface area contributed by atoms with Crippen LogP contribution in [0.3, 0.4) is 0 Å². The number of methoxy groups -OCH3 is 1. The molecule has 0 saturated heterocycles. The molecule has 0 radical (unpaired) electrons. The summed E-state index contributed by atoms with van der Waals surface area (Å²) in [4.78, 5) is 4.32. The lowest BCUT2D eigenvalue weighted by Gasteiger charge is -2.06. The van der Waals surface area contributed by atoms with Gasteiger partial charge in [-0.25, -0.2) is 4.98 Å². The molecule has 1 heterocycles. The van der Waals surface area contributed by atoms with E-state index >= 15 is 0 Å². The van der Waals surface area contributed by atoms with Gasteiger partial charge in [0.25, 0.3) is 0 Å². The predicted octanol–water partition coefficient (Wildman–Crippen LogP) is 2.87. The van der Waals surface area contributed by atoms with E-state index in [9.17, 15) is 0 Å². The fraction of sp³-hybridized carbons (Fsp3) is 0.154. The predicted molar refractivity (Wildman–Crippen MR) is 69.1 cm³/mol. The molecule has 2 aromatic rings. The zero-order chi connectivity index (χ0) is 12.3. The molecule has 0 amide bonds. The second-order valence-corrected chi connectivity index (χ2v) is 3.94. The van der Waals surface area contributed by atoms with Crippen LogP contribution in [-0.4, -0.2) is 12.1 Å². The number of halogens is 1. The molecule has 0 atom stereocenters. The molecular weight excluding hydrogens is 236 g/mol. The molecule has 0 aliphatic carbocycles. The van der Waals surface area contributed by atoms with Crippen LogP contribution in [0.4, 0.5) is 0 Å². The molecule has 3 nitrogen and oxygen atoms in total. The topological polar surface area (TPSA) is 48.1 Å². The normalized spacial score (nSPS) is 10.3. The van der Waals surface area contributed by atoms with Gasteiger partial charge >= 0.3 is 0 Å². The van der Waals surface area contributed by atoms with Crippen molar-refractivity contribution in [2.45, 2.75) is 6.54 Å². The summed E-state index contributed by atoms with van der Waals surface area (Å²) in [5.74, 6) is 0.795. The van der Waals surface area contributed by atoms with Crippen molar-refractivity contribution in [3.8, 4) is 17.0 Å². The maximum atomic E-state index is 6.03. The van der Waals surface area contributed by atoms with Crippen LogP contribution in [0.2, 0.25) is 5.15 Å². The zero-order valence-corrected chi connectivity index (χ0v) is 10.2. The fourth-order valence-corrected chi connectivity index (χ4v) is 1.79. The van der Waals surface area contributed by atoms with E-state index in [0.717, 1.165) is 22.6 Å². The Balaban J connectivity index is 2.42. The number of benzene rings is 1. The first-order chi connectivity index (χ1) is 8.24. The van der Waals surface area contributed by atoms with Crippen molar-refractivity contribution in [3.05, 3.63) is 47.1 Å². The van der Waals surface area contributed by atoms with Crippen LogP contribution in [0, 0.1) is 0 Å². The van der Waals surface area contributed by atoms with Gasteiger partial charge in [-0.3, -0.25) is 0 Å². The van der Waals surface area contributed by atoms with Gasteiger partial charge in [0.2, 0.25) is 0 Å². The number of pyridine rings is 1. The molecule has 2 rings (SSSR count). The van der Waals surface area contributed by atoms with E-state index in [-0.39, 0.29) is 0 Å². The molecular formula is C13H13ClN2O. The van der Waals surface area contributed by atoms with E-state index in [1.165, 1.54) is 0 Å². The Morgan fingerprint density at radius 1 is 1.29 bits per heavy atom. The van der Waals surface area contributed by atoms with Gasteiger partial charge in [-0.1, -0.05) is 29.8 Å². The van der Waals surface area contributed by atoms with E-state index in [0.29, 0.717) is 11.7 Å². The third kappa shape index (κ3) is 2.57. The minimum absolute atomic E-state index is 0.393. The van der Waals surface area contributed by atoms with Gasteiger partial charge in [0, 0.05) is 17.7 Å². The van der Waals surface area contributed by atoms with Gasteiger partial charge in [0.05, 0.1) is 12.8 Å². The van der Waals surface area contributed by atoms with Crippen LogP contribution in [0.15, 0.2) is 36.4 Å². The molecule has 4 heteroatoms. The second kappa shape index (κ2) is 5.17. The Morgan fingerprint density at radius 2 is 2.12 bits per heavy atom. The fourth-order valence-electron chi connectivity index (χ4n) is 1.56. The molecule has 1 aromatic carbocycles. The Labute approximate surface area is 105 Å². The average molecular weight is 249 g/mol. The number of rotatable bonds is 3. The highest BCUT2D eigenvalue weighted by Crippen LogP contribution is 2.24. The molecule has 0 saturated carbocycles. The summed E-state index contributed by atoms with van der Waals surface area (Å²) in [5, 5.41) is 0.452. The van der Waals surface area contributed by atoms with E-state index in [2.05, 4.69) is 4.98 Å². The lowest BCUT2D eigenvalue weighted by Crippen LogP contribution is -1.99. The highest BCUT2D eigenvalue weighted by molar-refractivity contribution is 6.30. The van der Waals surface area contributed by atoms with Crippen LogP contribution in [0.5, 0.6) is 5.75 Å². The summed E-state index contributed by atoms with van der Waals surface area (Å²) < 4.78 is 5.17. The van der Waals surface area contributed by atoms with Gasteiger partial charge in [0.15, 0.2) is 0 Å². The van der Waals surface area contributed by atoms with Crippen molar-refractivity contribution >= 4 is 11.6 Å². The van der Waals surface area contributed by atoms with E-state index in [4.69, 9.17) is 22.1 Å². The van der Waals surface area contributed by atoms with Crippen molar-refractivity contribution in [3.63, 3.8) is 0 Å². The van der Waals surface area contributed by atoms with Crippen LogP contribution >= 0.6 is 11.6 Å². The Hall–Kier alpha value is -1.58. The standard InChI is InChI=1S/C13H13ClN2O/c1-17-11-4-2-3-9(7-11)12-6-5-10(8-15)13(14)16-12/h2-7H,8,15H2,1H3. The molecule has 0 aliphatic heterocycles. The SMILES string of the molecule is COc1cccc(-c2ccc(CN)c(Cl)n2)c1. The first-order valence-electron chi connectivity index (χ1n) is 5.24. The van der Waals surface area contributed by atoms with E-state index in [1.54, 1.807) is 7.11 Å². The molecule has 0 bridgehead atoms. The minimum atomic E-state index is 0.393. The van der Waals surface area contributed by atoms with Crippen molar-refractivity contribution in [2.24, 2.45) is 5.73 Å². The van der Waals surface area contributed by atoms with Crippen molar-refractivity contribution < 1.29 is 4.74 Å². The average Bonchev–Trinajstić information content (AvgIpc) is 2.38. The Bertz CT molecular complexity index is 529. The lowest BCUT2D eigenvalue weighted by atomic mass is 10.1. The molecule has 2 N–H and O–H groups in total. The van der Waals surface area contributed by atoms with Crippen molar-refractivity contribution in [1.29, 1.82) is 0 Å². The summed E-state index contributed by atoms with van der Waals surface area (Å²) in [6.45, 7) is 0.393. The Morgan fingerprint density at radius 3 is 2.76 bits per heavy atom. The molecule has 0 unspecified atom stereocenters. The monoisotopic (exact) mass is 248 g/mol. The molecule has 0 spiro atoms. The van der Waals surface area contributed by atoms with Gasteiger partial charge in [0.1, 0.15) is 10.9 Å². The number of hydrogen-bond donors (Lipinski definition) is 1.